The molecule has 29 heavy (non-hydrogen) atoms. The molecule has 2 heterocycles. The van der Waals surface area contributed by atoms with Gasteiger partial charge in [-0.05, 0) is 43.7 Å². The number of carbonyl (C=O) groups excluding carboxylic acids is 1. The number of nitrogens with zero attached hydrogens (tertiary/aromatic N) is 3. The van der Waals surface area contributed by atoms with Gasteiger partial charge in [0, 0.05) is 5.56 Å². The first kappa shape index (κ1) is 18.7. The first-order valence-electron chi connectivity index (χ1n) is 9.50. The van der Waals surface area contributed by atoms with Crippen molar-refractivity contribution in [3.8, 4) is 17.2 Å². The number of rotatable bonds is 6. The molecule has 0 aliphatic carbocycles. The lowest BCUT2D eigenvalue weighted by Gasteiger charge is -2.21. The van der Waals surface area contributed by atoms with Crippen LogP contribution in [-0.2, 0) is 4.79 Å². The number of para-hydroxylation sites is 1. The summed E-state index contributed by atoms with van der Waals surface area (Å²) >= 11 is 0. The summed E-state index contributed by atoms with van der Waals surface area (Å²) in [7, 11) is 0. The third kappa shape index (κ3) is 3.99. The molecule has 148 valence electrons. The maximum Gasteiger partial charge on any atom is 0.251 e. The van der Waals surface area contributed by atoms with Crippen molar-refractivity contribution in [3.05, 3.63) is 71.8 Å². The van der Waals surface area contributed by atoms with Gasteiger partial charge in [0.1, 0.15) is 19.3 Å². The van der Waals surface area contributed by atoms with E-state index in [2.05, 4.69) is 15.4 Å². The van der Waals surface area contributed by atoms with Crippen LogP contribution in [0.5, 0.6) is 11.5 Å². The molecule has 0 fully saturated rings. The molecule has 3 aromatic rings. The van der Waals surface area contributed by atoms with Gasteiger partial charge >= 0.3 is 0 Å². The lowest BCUT2D eigenvalue weighted by molar-refractivity contribution is -0.118. The highest BCUT2D eigenvalue weighted by atomic mass is 16.5. The molecule has 1 aliphatic rings. The molecular formula is C22H22N4O3. The van der Waals surface area contributed by atoms with Crippen LogP contribution < -0.4 is 14.8 Å². The van der Waals surface area contributed by atoms with E-state index in [1.165, 1.54) is 6.33 Å². The summed E-state index contributed by atoms with van der Waals surface area (Å²) < 4.78 is 13.1. The van der Waals surface area contributed by atoms with Crippen LogP contribution in [0.25, 0.3) is 11.8 Å². The number of carbonyl (C=O) groups is 1. The highest BCUT2D eigenvalue weighted by molar-refractivity contribution is 5.99. The van der Waals surface area contributed by atoms with Crippen LogP contribution in [0, 0.1) is 0 Å². The van der Waals surface area contributed by atoms with Crippen molar-refractivity contribution in [2.75, 3.05) is 13.2 Å². The quantitative estimate of drug-likeness (QED) is 0.699. The van der Waals surface area contributed by atoms with Gasteiger partial charge in [0.15, 0.2) is 11.5 Å². The molecule has 0 spiro atoms. The van der Waals surface area contributed by atoms with Gasteiger partial charge in [0.05, 0.1) is 23.9 Å². The lowest BCUT2D eigenvalue weighted by atomic mass is 10.0. The number of hydrogen-bond acceptors (Lipinski definition) is 5. The molecule has 0 saturated heterocycles. The second kappa shape index (κ2) is 8.18. The van der Waals surface area contributed by atoms with E-state index >= 15 is 0 Å². The third-order valence-electron chi connectivity index (χ3n) is 4.73. The number of fused-ring (bicyclic) bond motifs is 1. The molecule has 0 bridgehead atoms. The molecule has 7 nitrogen and oxygen atoms in total. The summed E-state index contributed by atoms with van der Waals surface area (Å²) in [5.74, 6) is 1.23. The van der Waals surface area contributed by atoms with Crippen LogP contribution in [0.2, 0.25) is 0 Å². The minimum absolute atomic E-state index is 0.148. The number of aromatic nitrogens is 3. The Kier molecular flexibility index (Phi) is 5.29. The summed E-state index contributed by atoms with van der Waals surface area (Å²) in [5, 5.41) is 7.15. The van der Waals surface area contributed by atoms with Crippen LogP contribution in [0.4, 0.5) is 0 Å². The zero-order chi connectivity index (χ0) is 20.2. The van der Waals surface area contributed by atoms with Gasteiger partial charge in [-0.3, -0.25) is 4.79 Å². The molecule has 0 saturated carbocycles. The van der Waals surface area contributed by atoms with Crippen molar-refractivity contribution in [3.63, 3.8) is 0 Å². The average molecular weight is 390 g/mol. The van der Waals surface area contributed by atoms with Gasteiger partial charge in [0.2, 0.25) is 0 Å². The smallest absolute Gasteiger partial charge is 0.251 e. The highest BCUT2D eigenvalue weighted by Gasteiger charge is 2.21. The summed E-state index contributed by atoms with van der Waals surface area (Å²) in [4.78, 5) is 16.7. The van der Waals surface area contributed by atoms with Gasteiger partial charge in [-0.2, -0.15) is 5.10 Å². The van der Waals surface area contributed by atoms with Crippen LogP contribution in [0.15, 0.2) is 60.7 Å². The van der Waals surface area contributed by atoms with Crippen LogP contribution in [0.3, 0.4) is 0 Å². The number of amides is 1. The monoisotopic (exact) mass is 390 g/mol. The third-order valence-corrected chi connectivity index (χ3v) is 4.73. The fourth-order valence-corrected chi connectivity index (χ4v) is 3.21. The van der Waals surface area contributed by atoms with Gasteiger partial charge in [0.25, 0.3) is 5.91 Å². The Hall–Kier alpha value is -3.61. The van der Waals surface area contributed by atoms with Crippen LogP contribution in [0.1, 0.15) is 31.0 Å². The molecule has 4 rings (SSSR count). The Bertz CT molecular complexity index is 1030. The second-order valence-corrected chi connectivity index (χ2v) is 6.69. The molecule has 1 aliphatic heterocycles. The zero-order valence-corrected chi connectivity index (χ0v) is 16.3. The molecule has 1 unspecified atom stereocenters. The van der Waals surface area contributed by atoms with Crippen molar-refractivity contribution in [1.82, 2.24) is 20.1 Å². The summed E-state index contributed by atoms with van der Waals surface area (Å²) in [5.41, 5.74) is 3.34. The minimum Gasteiger partial charge on any atom is -0.490 e. The summed E-state index contributed by atoms with van der Waals surface area (Å²) in [6.45, 7) is 4.65. The van der Waals surface area contributed by atoms with E-state index in [0.717, 1.165) is 16.8 Å². The maximum atomic E-state index is 12.7. The zero-order valence-electron chi connectivity index (χ0n) is 16.3. The van der Waals surface area contributed by atoms with E-state index in [0.29, 0.717) is 23.7 Å². The minimum atomic E-state index is -0.149. The Morgan fingerprint density at radius 3 is 2.83 bits per heavy atom. The van der Waals surface area contributed by atoms with Crippen LogP contribution >= 0.6 is 0 Å². The summed E-state index contributed by atoms with van der Waals surface area (Å²) in [6, 6.07) is 13.4. The summed E-state index contributed by atoms with van der Waals surface area (Å²) in [6.07, 6.45) is 4.99. The molecule has 1 atom stereocenters. The van der Waals surface area contributed by atoms with Gasteiger partial charge in [-0.15, -0.1) is 0 Å². The first-order chi connectivity index (χ1) is 14.2. The molecule has 1 amide bonds. The Balaban J connectivity index is 1.46. The highest BCUT2D eigenvalue weighted by Crippen LogP contribution is 2.35. The largest absolute Gasteiger partial charge is 0.490 e. The molecule has 0 radical (unpaired) electrons. The predicted molar refractivity (Wildman–Crippen MR) is 109 cm³/mol. The van der Waals surface area contributed by atoms with E-state index in [9.17, 15) is 4.79 Å². The standard InChI is InChI=1S/C22H22N4O3/c1-3-28-20-6-4-5-17-11-18(12-29-21(17)20)22(27)25-15(2)16-7-9-19(10-8-16)26-14-23-13-24-26/h4-11,13-15H,3,12H2,1-2H3,(H,25,27). The predicted octanol–water partition coefficient (Wildman–Crippen LogP) is 3.32. The van der Waals surface area contributed by atoms with E-state index in [1.807, 2.05) is 62.4 Å². The maximum absolute atomic E-state index is 12.7. The topological polar surface area (TPSA) is 78.3 Å². The van der Waals surface area contributed by atoms with Crippen molar-refractivity contribution in [1.29, 1.82) is 0 Å². The van der Waals surface area contributed by atoms with Crippen LogP contribution in [-0.4, -0.2) is 33.9 Å². The number of hydrogen-bond donors (Lipinski definition) is 1. The molecule has 2 aromatic carbocycles. The molecule has 7 heteroatoms. The molecule has 1 N–H and O–H groups in total. The normalized spacial score (nSPS) is 13.7. The Labute approximate surface area is 169 Å². The van der Waals surface area contributed by atoms with Crippen molar-refractivity contribution < 1.29 is 14.3 Å². The Morgan fingerprint density at radius 2 is 2.10 bits per heavy atom. The van der Waals surface area contributed by atoms with E-state index in [-0.39, 0.29) is 18.6 Å². The van der Waals surface area contributed by atoms with E-state index in [4.69, 9.17) is 9.47 Å². The van der Waals surface area contributed by atoms with Crippen molar-refractivity contribution in [2.45, 2.75) is 19.9 Å². The number of ether oxygens (including phenoxy) is 2. The van der Waals surface area contributed by atoms with Crippen molar-refractivity contribution >= 4 is 12.0 Å². The first-order valence-corrected chi connectivity index (χ1v) is 9.50. The fraction of sp³-hybridized carbons (Fsp3) is 0.227. The van der Waals surface area contributed by atoms with E-state index in [1.54, 1.807) is 11.0 Å². The number of nitrogens with one attached hydrogen (secondary N) is 1. The fourth-order valence-electron chi connectivity index (χ4n) is 3.21. The van der Waals surface area contributed by atoms with E-state index < -0.39 is 0 Å². The van der Waals surface area contributed by atoms with Gasteiger partial charge in [-0.25, -0.2) is 9.67 Å². The number of benzene rings is 2. The Morgan fingerprint density at radius 1 is 1.28 bits per heavy atom. The van der Waals surface area contributed by atoms with Crippen molar-refractivity contribution in [2.24, 2.45) is 0 Å². The lowest BCUT2D eigenvalue weighted by Crippen LogP contribution is -2.31. The second-order valence-electron chi connectivity index (χ2n) is 6.69. The van der Waals surface area contributed by atoms with Gasteiger partial charge < -0.3 is 14.8 Å². The molecular weight excluding hydrogens is 368 g/mol. The van der Waals surface area contributed by atoms with Gasteiger partial charge in [-0.1, -0.05) is 24.3 Å². The SMILES string of the molecule is CCOc1cccc2c1OCC(C(=O)NC(C)c1ccc(-n3cncn3)cc1)=C2. The average Bonchev–Trinajstić information content (AvgIpc) is 3.29. The molecule has 1 aromatic heterocycles.